The Bertz CT molecular complexity index is 1370. The standard InChI is InChI=1S/C31H29N3O2/c1-3-9-25(10-4-1)16-19-30-33-28(24-36-30)23-35-29-17-14-26(15-18-29)11-7-8-21-34-22-20-32-31(34)27-12-5-2-6-13-27/h1-6,9-10,12-20,22,24H,7-8,11,21,23H2/b19-16+. The predicted molar refractivity (Wildman–Crippen MR) is 143 cm³/mol. The zero-order valence-corrected chi connectivity index (χ0v) is 20.2. The normalized spacial score (nSPS) is 11.2. The molecule has 2 heterocycles. The van der Waals surface area contributed by atoms with E-state index in [1.165, 1.54) is 5.56 Å². The predicted octanol–water partition coefficient (Wildman–Crippen LogP) is 7.31. The quantitative estimate of drug-likeness (QED) is 0.188. The number of aromatic nitrogens is 3. The molecule has 0 saturated carbocycles. The van der Waals surface area contributed by atoms with Crippen molar-refractivity contribution >= 4 is 12.2 Å². The minimum Gasteiger partial charge on any atom is -0.487 e. The lowest BCUT2D eigenvalue weighted by atomic mass is 10.1. The fourth-order valence-corrected chi connectivity index (χ4v) is 4.06. The Hall–Kier alpha value is -4.38. The van der Waals surface area contributed by atoms with Gasteiger partial charge in [0.05, 0.1) is 0 Å². The molecular weight excluding hydrogens is 446 g/mol. The zero-order chi connectivity index (χ0) is 24.4. The van der Waals surface area contributed by atoms with Crippen molar-refractivity contribution in [1.82, 2.24) is 14.5 Å². The summed E-state index contributed by atoms with van der Waals surface area (Å²) < 4.78 is 13.7. The molecule has 0 spiro atoms. The summed E-state index contributed by atoms with van der Waals surface area (Å²) in [5.74, 6) is 2.43. The highest BCUT2D eigenvalue weighted by Crippen LogP contribution is 2.19. The summed E-state index contributed by atoms with van der Waals surface area (Å²) in [6, 6.07) is 28.7. The number of aryl methyl sites for hydroxylation is 2. The van der Waals surface area contributed by atoms with Gasteiger partial charge in [-0.1, -0.05) is 72.8 Å². The third-order valence-corrected chi connectivity index (χ3v) is 5.96. The maximum Gasteiger partial charge on any atom is 0.218 e. The molecule has 0 bridgehead atoms. The van der Waals surface area contributed by atoms with E-state index in [1.54, 1.807) is 6.26 Å². The molecular formula is C31H29N3O2. The van der Waals surface area contributed by atoms with Crippen LogP contribution in [0, 0.1) is 0 Å². The molecule has 180 valence electrons. The number of hydrogen-bond donors (Lipinski definition) is 0. The summed E-state index contributed by atoms with van der Waals surface area (Å²) in [5.41, 5.74) is 4.34. The van der Waals surface area contributed by atoms with Crippen LogP contribution in [0.3, 0.4) is 0 Å². The smallest absolute Gasteiger partial charge is 0.218 e. The van der Waals surface area contributed by atoms with Crippen LogP contribution >= 0.6 is 0 Å². The van der Waals surface area contributed by atoms with Crippen LogP contribution in [-0.4, -0.2) is 14.5 Å². The zero-order valence-electron chi connectivity index (χ0n) is 20.2. The number of oxazole rings is 1. The number of hydrogen-bond acceptors (Lipinski definition) is 4. The van der Waals surface area contributed by atoms with Crippen molar-refractivity contribution in [3.63, 3.8) is 0 Å². The van der Waals surface area contributed by atoms with Crippen LogP contribution in [-0.2, 0) is 19.6 Å². The van der Waals surface area contributed by atoms with Crippen molar-refractivity contribution in [2.45, 2.75) is 32.4 Å². The largest absolute Gasteiger partial charge is 0.487 e. The number of nitrogens with zero attached hydrogens (tertiary/aromatic N) is 3. The highest BCUT2D eigenvalue weighted by molar-refractivity contribution is 5.65. The summed E-state index contributed by atoms with van der Waals surface area (Å²) in [4.78, 5) is 9.00. The first-order valence-corrected chi connectivity index (χ1v) is 12.3. The van der Waals surface area contributed by atoms with Crippen molar-refractivity contribution in [1.29, 1.82) is 0 Å². The average molecular weight is 476 g/mol. The Labute approximate surface area is 211 Å². The lowest BCUT2D eigenvalue weighted by molar-refractivity contribution is 0.301. The summed E-state index contributed by atoms with van der Waals surface area (Å²) >= 11 is 0. The Morgan fingerprint density at radius 3 is 2.42 bits per heavy atom. The molecule has 5 aromatic rings. The van der Waals surface area contributed by atoms with Gasteiger partial charge in [-0.3, -0.25) is 0 Å². The fraction of sp³-hybridized carbons (Fsp3) is 0.161. The van der Waals surface area contributed by atoms with Crippen molar-refractivity contribution in [2.24, 2.45) is 0 Å². The molecule has 5 rings (SSSR count). The minimum absolute atomic E-state index is 0.372. The van der Waals surface area contributed by atoms with Gasteiger partial charge >= 0.3 is 0 Å². The molecule has 0 unspecified atom stereocenters. The van der Waals surface area contributed by atoms with Crippen LogP contribution < -0.4 is 4.74 Å². The van der Waals surface area contributed by atoms with Crippen LogP contribution in [0.5, 0.6) is 5.75 Å². The second-order valence-corrected chi connectivity index (χ2v) is 8.62. The Morgan fingerprint density at radius 2 is 1.61 bits per heavy atom. The number of ether oxygens (including phenoxy) is 1. The first-order chi connectivity index (χ1) is 17.8. The molecule has 0 aliphatic carbocycles. The summed E-state index contributed by atoms with van der Waals surface area (Å²) in [6.45, 7) is 1.34. The van der Waals surface area contributed by atoms with Crippen molar-refractivity contribution in [3.8, 4) is 17.1 Å². The lowest BCUT2D eigenvalue weighted by Crippen LogP contribution is -2.00. The first kappa shape index (κ1) is 23.4. The van der Waals surface area contributed by atoms with Crippen molar-refractivity contribution in [2.75, 3.05) is 0 Å². The van der Waals surface area contributed by atoms with Crippen LogP contribution in [0.15, 0.2) is 108 Å². The van der Waals surface area contributed by atoms with Gasteiger partial charge in [0.2, 0.25) is 5.89 Å². The van der Waals surface area contributed by atoms with Crippen molar-refractivity contribution < 1.29 is 9.15 Å². The second-order valence-electron chi connectivity index (χ2n) is 8.62. The molecule has 0 amide bonds. The van der Waals surface area contributed by atoms with Crippen LogP contribution in [0.25, 0.3) is 23.5 Å². The summed E-state index contributed by atoms with van der Waals surface area (Å²) in [5, 5.41) is 0. The summed E-state index contributed by atoms with van der Waals surface area (Å²) in [7, 11) is 0. The SMILES string of the molecule is C(=C\c1nc(COc2ccc(CCCCn3ccnc3-c3ccccc3)cc2)co1)/c1ccccc1. The summed E-state index contributed by atoms with van der Waals surface area (Å²) in [6.07, 6.45) is 12.7. The van der Waals surface area contributed by atoms with E-state index in [1.807, 2.05) is 66.9 Å². The van der Waals surface area contributed by atoms with Gasteiger partial charge < -0.3 is 13.7 Å². The highest BCUT2D eigenvalue weighted by Gasteiger charge is 2.06. The topological polar surface area (TPSA) is 53.1 Å². The van der Waals surface area contributed by atoms with Crippen LogP contribution in [0.4, 0.5) is 0 Å². The fourth-order valence-electron chi connectivity index (χ4n) is 4.06. The molecule has 0 fully saturated rings. The highest BCUT2D eigenvalue weighted by atomic mass is 16.5. The molecule has 0 saturated heterocycles. The van der Waals surface area contributed by atoms with E-state index >= 15 is 0 Å². The molecule has 0 N–H and O–H groups in total. The maximum absolute atomic E-state index is 5.90. The van der Waals surface area contributed by atoms with Gasteiger partial charge in [0, 0.05) is 30.6 Å². The minimum atomic E-state index is 0.372. The van der Waals surface area contributed by atoms with Gasteiger partial charge in [-0.05, 0) is 48.6 Å². The van der Waals surface area contributed by atoms with Gasteiger partial charge in [-0.15, -0.1) is 0 Å². The first-order valence-electron chi connectivity index (χ1n) is 12.3. The van der Waals surface area contributed by atoms with E-state index in [4.69, 9.17) is 9.15 Å². The monoisotopic (exact) mass is 475 g/mol. The van der Waals surface area contributed by atoms with Gasteiger partial charge in [0.25, 0.3) is 0 Å². The van der Waals surface area contributed by atoms with Gasteiger partial charge in [-0.25, -0.2) is 9.97 Å². The Kier molecular flexibility index (Phi) is 7.69. The second kappa shape index (κ2) is 11.8. The van der Waals surface area contributed by atoms with Gasteiger partial charge in [0.15, 0.2) is 0 Å². The van der Waals surface area contributed by atoms with E-state index in [-0.39, 0.29) is 0 Å². The van der Waals surface area contributed by atoms with Gasteiger partial charge in [0.1, 0.15) is 30.1 Å². The van der Waals surface area contributed by atoms with E-state index in [9.17, 15) is 0 Å². The maximum atomic E-state index is 5.90. The van der Waals surface area contributed by atoms with E-state index in [0.717, 1.165) is 54.2 Å². The van der Waals surface area contributed by atoms with Crippen molar-refractivity contribution in [3.05, 3.63) is 126 Å². The van der Waals surface area contributed by atoms with E-state index < -0.39 is 0 Å². The molecule has 0 atom stereocenters. The molecule has 5 heteroatoms. The molecule has 3 aromatic carbocycles. The van der Waals surface area contributed by atoms with Crippen LogP contribution in [0.2, 0.25) is 0 Å². The molecule has 2 aromatic heterocycles. The van der Waals surface area contributed by atoms with Gasteiger partial charge in [-0.2, -0.15) is 0 Å². The number of unbranched alkanes of at least 4 members (excludes halogenated alkanes) is 1. The Balaban J connectivity index is 1.05. The van der Waals surface area contributed by atoms with E-state index in [0.29, 0.717) is 12.5 Å². The Morgan fingerprint density at radius 1 is 0.833 bits per heavy atom. The van der Waals surface area contributed by atoms with Crippen LogP contribution in [0.1, 0.15) is 35.6 Å². The number of imidazole rings is 1. The number of benzene rings is 3. The van der Waals surface area contributed by atoms with E-state index in [2.05, 4.69) is 57.1 Å². The average Bonchev–Trinajstić information content (AvgIpc) is 3.60. The molecule has 5 nitrogen and oxygen atoms in total. The third-order valence-electron chi connectivity index (χ3n) is 5.96. The number of rotatable bonds is 11. The molecule has 0 aliphatic heterocycles. The molecule has 0 aliphatic rings. The molecule has 0 radical (unpaired) electrons. The molecule has 36 heavy (non-hydrogen) atoms. The lowest BCUT2D eigenvalue weighted by Gasteiger charge is -2.09. The third kappa shape index (κ3) is 6.39.